The van der Waals surface area contributed by atoms with Crippen LogP contribution in [0, 0.1) is 0 Å². The molecule has 2 aromatic carbocycles. The summed E-state index contributed by atoms with van der Waals surface area (Å²) in [5, 5.41) is 0.751. The molecule has 0 saturated heterocycles. The number of halogens is 2. The molecule has 0 aliphatic heterocycles. The van der Waals surface area contributed by atoms with E-state index in [0.29, 0.717) is 33.2 Å². The van der Waals surface area contributed by atoms with Gasteiger partial charge in [-0.05, 0) is 36.4 Å². The van der Waals surface area contributed by atoms with Gasteiger partial charge < -0.3 is 9.47 Å². The highest BCUT2D eigenvalue weighted by molar-refractivity contribution is 6.42. The van der Waals surface area contributed by atoms with E-state index in [1.54, 1.807) is 36.5 Å². The van der Waals surface area contributed by atoms with Crippen LogP contribution < -0.4 is 9.47 Å². The number of aromatic nitrogens is 1. The van der Waals surface area contributed by atoms with E-state index >= 15 is 0 Å². The smallest absolute Gasteiger partial charge is 0.263 e. The van der Waals surface area contributed by atoms with Gasteiger partial charge in [0.25, 0.3) is 5.88 Å². The molecule has 110 valence electrons. The number of ether oxygens (including phenoxy) is 2. The van der Waals surface area contributed by atoms with Gasteiger partial charge in [0, 0.05) is 6.20 Å². The van der Waals surface area contributed by atoms with Gasteiger partial charge in [0.15, 0.2) is 5.75 Å². The summed E-state index contributed by atoms with van der Waals surface area (Å²) in [5.74, 6) is 1.92. The fourth-order valence-electron chi connectivity index (χ4n) is 1.81. The molecule has 0 N–H and O–H groups in total. The molecule has 0 radical (unpaired) electrons. The van der Waals surface area contributed by atoms with Crippen molar-refractivity contribution in [2.45, 2.75) is 0 Å². The molecule has 0 aliphatic rings. The Morgan fingerprint density at radius 2 is 1.50 bits per heavy atom. The number of rotatable bonds is 4. The number of hydrogen-bond acceptors (Lipinski definition) is 3. The second kappa shape index (κ2) is 6.69. The van der Waals surface area contributed by atoms with Crippen LogP contribution in [0.4, 0.5) is 0 Å². The lowest BCUT2D eigenvalue weighted by atomic mass is 10.3. The summed E-state index contributed by atoms with van der Waals surface area (Å²) in [6.45, 7) is 0. The van der Waals surface area contributed by atoms with E-state index in [2.05, 4.69) is 4.98 Å². The largest absolute Gasteiger partial charge is 0.452 e. The van der Waals surface area contributed by atoms with Crippen molar-refractivity contribution in [3.8, 4) is 23.1 Å². The van der Waals surface area contributed by atoms with Gasteiger partial charge in [-0.3, -0.25) is 0 Å². The molecule has 1 aromatic heterocycles. The molecule has 0 saturated carbocycles. The minimum atomic E-state index is 0.315. The van der Waals surface area contributed by atoms with Crippen LogP contribution in [0.1, 0.15) is 0 Å². The first-order valence-electron chi connectivity index (χ1n) is 6.54. The highest BCUT2D eigenvalue weighted by atomic mass is 35.5. The maximum atomic E-state index is 6.13. The van der Waals surface area contributed by atoms with Crippen molar-refractivity contribution < 1.29 is 9.47 Å². The molecule has 0 unspecified atom stereocenters. The minimum Gasteiger partial charge on any atom is -0.452 e. The molecule has 1 heterocycles. The van der Waals surface area contributed by atoms with Crippen LogP contribution in [0.5, 0.6) is 23.1 Å². The molecule has 5 heteroatoms. The maximum absolute atomic E-state index is 6.13. The summed E-state index contributed by atoms with van der Waals surface area (Å²) < 4.78 is 11.5. The van der Waals surface area contributed by atoms with Crippen LogP contribution in [0.2, 0.25) is 10.0 Å². The lowest BCUT2D eigenvalue weighted by molar-refractivity contribution is 0.405. The molecule has 0 bridgehead atoms. The highest BCUT2D eigenvalue weighted by Gasteiger charge is 2.12. The first-order chi connectivity index (χ1) is 10.7. The standard InChI is InChI=1S/C17H11Cl2NO2/c18-13-8-4-9-14(16(13)19)22-17-15(10-5-11-20-17)21-12-6-2-1-3-7-12/h1-11H. The molecule has 3 aromatic rings. The van der Waals surface area contributed by atoms with Gasteiger partial charge in [-0.25, -0.2) is 4.98 Å². The van der Waals surface area contributed by atoms with Gasteiger partial charge in [0.2, 0.25) is 0 Å². The molecule has 0 fully saturated rings. The Hall–Kier alpha value is -2.23. The Morgan fingerprint density at radius 1 is 0.727 bits per heavy atom. The summed E-state index contributed by atoms with van der Waals surface area (Å²) in [5.41, 5.74) is 0. The predicted octanol–water partition coefficient (Wildman–Crippen LogP) is 5.97. The molecule has 3 rings (SSSR count). The molecule has 0 atom stereocenters. The predicted molar refractivity (Wildman–Crippen MR) is 87.3 cm³/mol. The second-order valence-corrected chi connectivity index (χ2v) is 5.16. The van der Waals surface area contributed by atoms with Gasteiger partial charge in [-0.2, -0.15) is 0 Å². The zero-order valence-electron chi connectivity index (χ0n) is 11.4. The van der Waals surface area contributed by atoms with Crippen molar-refractivity contribution in [3.63, 3.8) is 0 Å². The Labute approximate surface area is 138 Å². The van der Waals surface area contributed by atoms with Crippen LogP contribution in [0.3, 0.4) is 0 Å². The average Bonchev–Trinajstić information content (AvgIpc) is 2.55. The normalized spacial score (nSPS) is 10.3. The monoisotopic (exact) mass is 331 g/mol. The van der Waals surface area contributed by atoms with Crippen LogP contribution in [-0.4, -0.2) is 4.98 Å². The van der Waals surface area contributed by atoms with Crippen molar-refractivity contribution in [1.29, 1.82) is 0 Å². The lowest BCUT2D eigenvalue weighted by Crippen LogP contribution is -1.93. The maximum Gasteiger partial charge on any atom is 0.263 e. The third kappa shape index (κ3) is 3.32. The van der Waals surface area contributed by atoms with Crippen LogP contribution >= 0.6 is 23.2 Å². The van der Waals surface area contributed by atoms with E-state index in [4.69, 9.17) is 32.7 Å². The van der Waals surface area contributed by atoms with E-state index in [1.165, 1.54) is 0 Å². The minimum absolute atomic E-state index is 0.315. The quantitative estimate of drug-likeness (QED) is 0.589. The summed E-state index contributed by atoms with van der Waals surface area (Å²) >= 11 is 12.1. The van der Waals surface area contributed by atoms with Gasteiger partial charge in [-0.15, -0.1) is 0 Å². The van der Waals surface area contributed by atoms with Gasteiger partial charge >= 0.3 is 0 Å². The molecule has 0 amide bonds. The third-order valence-corrected chi connectivity index (χ3v) is 3.63. The first-order valence-corrected chi connectivity index (χ1v) is 7.29. The molecule has 3 nitrogen and oxygen atoms in total. The first kappa shape index (κ1) is 14.7. The fraction of sp³-hybridized carbons (Fsp3) is 0. The lowest BCUT2D eigenvalue weighted by Gasteiger charge is -2.12. The molecular formula is C17H11Cl2NO2. The molecule has 0 aliphatic carbocycles. The SMILES string of the molecule is Clc1cccc(Oc2ncccc2Oc2ccccc2)c1Cl. The van der Waals surface area contributed by atoms with Crippen LogP contribution in [0.25, 0.3) is 0 Å². The molecular weight excluding hydrogens is 321 g/mol. The van der Waals surface area contributed by atoms with E-state index in [1.807, 2.05) is 30.3 Å². The van der Waals surface area contributed by atoms with Gasteiger partial charge in [0.05, 0.1) is 5.02 Å². The van der Waals surface area contributed by atoms with Crippen molar-refractivity contribution >= 4 is 23.2 Å². The average molecular weight is 332 g/mol. The number of nitrogens with zero attached hydrogens (tertiary/aromatic N) is 1. The van der Waals surface area contributed by atoms with Crippen molar-refractivity contribution in [3.05, 3.63) is 76.9 Å². The highest BCUT2D eigenvalue weighted by Crippen LogP contribution is 2.37. The summed E-state index contributed by atoms with van der Waals surface area (Å²) in [6.07, 6.45) is 1.62. The Bertz CT molecular complexity index is 779. The fourth-order valence-corrected chi connectivity index (χ4v) is 2.14. The molecule has 22 heavy (non-hydrogen) atoms. The van der Waals surface area contributed by atoms with Crippen LogP contribution in [0.15, 0.2) is 66.9 Å². The van der Waals surface area contributed by atoms with Gasteiger partial charge in [-0.1, -0.05) is 47.5 Å². The van der Waals surface area contributed by atoms with Crippen molar-refractivity contribution in [1.82, 2.24) is 4.98 Å². The zero-order chi connectivity index (χ0) is 15.4. The topological polar surface area (TPSA) is 31.4 Å². The Balaban J connectivity index is 1.90. The van der Waals surface area contributed by atoms with E-state index in [-0.39, 0.29) is 0 Å². The summed E-state index contributed by atoms with van der Waals surface area (Å²) in [4.78, 5) is 4.19. The second-order valence-electron chi connectivity index (χ2n) is 4.38. The van der Waals surface area contributed by atoms with Gasteiger partial charge in [0.1, 0.15) is 16.5 Å². The number of pyridine rings is 1. The van der Waals surface area contributed by atoms with Crippen molar-refractivity contribution in [2.24, 2.45) is 0 Å². The zero-order valence-corrected chi connectivity index (χ0v) is 12.9. The van der Waals surface area contributed by atoms with E-state index in [0.717, 1.165) is 0 Å². The Morgan fingerprint density at radius 3 is 2.32 bits per heavy atom. The number of benzene rings is 2. The van der Waals surface area contributed by atoms with E-state index < -0.39 is 0 Å². The summed E-state index contributed by atoms with van der Waals surface area (Å²) in [6, 6.07) is 18.1. The summed E-state index contributed by atoms with van der Waals surface area (Å²) in [7, 11) is 0. The van der Waals surface area contributed by atoms with Crippen LogP contribution in [-0.2, 0) is 0 Å². The Kier molecular flexibility index (Phi) is 4.47. The molecule has 0 spiro atoms. The van der Waals surface area contributed by atoms with E-state index in [9.17, 15) is 0 Å². The van der Waals surface area contributed by atoms with Crippen molar-refractivity contribution in [2.75, 3.05) is 0 Å². The third-order valence-electron chi connectivity index (χ3n) is 2.83. The number of para-hydroxylation sites is 1. The number of hydrogen-bond donors (Lipinski definition) is 0.